The van der Waals surface area contributed by atoms with Crippen LogP contribution in [-0.4, -0.2) is 0 Å². The van der Waals surface area contributed by atoms with Crippen molar-refractivity contribution in [3.63, 3.8) is 0 Å². The van der Waals surface area contributed by atoms with Gasteiger partial charge in [-0.25, -0.2) is 0 Å². The van der Waals surface area contributed by atoms with Crippen molar-refractivity contribution < 1.29 is 4.42 Å². The molecule has 60 valence electrons. The molecule has 0 aliphatic carbocycles. The van der Waals surface area contributed by atoms with Crippen molar-refractivity contribution in [1.29, 1.82) is 0 Å². The van der Waals surface area contributed by atoms with Gasteiger partial charge in [0.2, 0.25) is 5.43 Å². The smallest absolute Gasteiger partial charge is 0.221 e. The van der Waals surface area contributed by atoms with Crippen molar-refractivity contribution in [3.05, 3.63) is 46.3 Å². The average Bonchev–Trinajstić information content (AvgIpc) is 2.30. The fourth-order valence-electron chi connectivity index (χ4n) is 1.22. The molecular weight excluding hydrogens is 152 g/mol. The van der Waals surface area contributed by atoms with Gasteiger partial charge in [0.25, 0.3) is 0 Å². The molecule has 1 aromatic carbocycles. The normalized spacial score (nSPS) is 10.4. The summed E-state index contributed by atoms with van der Waals surface area (Å²) in [7, 11) is 0. The lowest BCUT2D eigenvalue weighted by molar-refractivity contribution is 0.610. The molecule has 1 heterocycles. The van der Waals surface area contributed by atoms with Gasteiger partial charge in [-0.2, -0.15) is 0 Å². The zero-order valence-corrected chi connectivity index (χ0v) is 6.70. The SMILES string of the molecule is Cc1coc2c(=O)ccccc12. The molecule has 0 aliphatic heterocycles. The molecule has 1 aromatic heterocycles. The lowest BCUT2D eigenvalue weighted by Gasteiger charge is -1.77. The Morgan fingerprint density at radius 2 is 2.00 bits per heavy atom. The summed E-state index contributed by atoms with van der Waals surface area (Å²) in [6, 6.07) is 6.95. The van der Waals surface area contributed by atoms with Crippen LogP contribution in [0.1, 0.15) is 5.56 Å². The molecule has 0 N–H and O–H groups in total. The summed E-state index contributed by atoms with van der Waals surface area (Å²) in [6.45, 7) is 1.92. The number of aryl methyl sites for hydroxylation is 1. The summed E-state index contributed by atoms with van der Waals surface area (Å²) in [4.78, 5) is 11.3. The van der Waals surface area contributed by atoms with E-state index in [0.29, 0.717) is 5.58 Å². The summed E-state index contributed by atoms with van der Waals surface area (Å²) in [5.74, 6) is 0. The molecule has 0 bridgehead atoms. The minimum Gasteiger partial charge on any atom is -0.460 e. The lowest BCUT2D eigenvalue weighted by Crippen LogP contribution is -1.91. The number of rotatable bonds is 0. The summed E-state index contributed by atoms with van der Waals surface area (Å²) in [5, 5.41) is 0.894. The fraction of sp³-hybridized carbons (Fsp3) is 0.100. The Morgan fingerprint density at radius 1 is 1.25 bits per heavy atom. The van der Waals surface area contributed by atoms with Gasteiger partial charge < -0.3 is 4.42 Å². The van der Waals surface area contributed by atoms with Crippen LogP contribution in [0.4, 0.5) is 0 Å². The first kappa shape index (κ1) is 7.10. The van der Waals surface area contributed by atoms with Gasteiger partial charge in [-0.3, -0.25) is 4.79 Å². The van der Waals surface area contributed by atoms with E-state index in [9.17, 15) is 4.79 Å². The van der Waals surface area contributed by atoms with Crippen molar-refractivity contribution in [2.24, 2.45) is 0 Å². The van der Waals surface area contributed by atoms with Gasteiger partial charge in [-0.05, 0) is 18.6 Å². The zero-order valence-electron chi connectivity index (χ0n) is 6.70. The van der Waals surface area contributed by atoms with E-state index < -0.39 is 0 Å². The Balaban J connectivity index is 3.08. The topological polar surface area (TPSA) is 30.2 Å². The van der Waals surface area contributed by atoms with Gasteiger partial charge >= 0.3 is 0 Å². The molecule has 0 aliphatic rings. The summed E-state index contributed by atoms with van der Waals surface area (Å²) in [6.07, 6.45) is 1.60. The molecule has 2 aromatic rings. The van der Waals surface area contributed by atoms with Crippen LogP contribution in [0.15, 0.2) is 39.7 Å². The maximum Gasteiger partial charge on any atom is 0.221 e. The Bertz CT molecular complexity index is 468. The number of fused-ring (bicyclic) bond motifs is 1. The van der Waals surface area contributed by atoms with Crippen LogP contribution in [-0.2, 0) is 0 Å². The van der Waals surface area contributed by atoms with E-state index in [-0.39, 0.29) is 5.43 Å². The van der Waals surface area contributed by atoms with Crippen LogP contribution in [0.2, 0.25) is 0 Å². The Morgan fingerprint density at radius 3 is 2.83 bits per heavy atom. The number of furan rings is 1. The molecule has 0 saturated heterocycles. The molecule has 0 amide bonds. The van der Waals surface area contributed by atoms with E-state index in [2.05, 4.69) is 0 Å². The second kappa shape index (κ2) is 2.48. The Kier molecular flexibility index (Phi) is 1.47. The van der Waals surface area contributed by atoms with Crippen molar-refractivity contribution in [2.75, 3.05) is 0 Å². The van der Waals surface area contributed by atoms with E-state index in [4.69, 9.17) is 4.42 Å². The molecular formula is C10H8O2. The zero-order chi connectivity index (χ0) is 8.55. The second-order valence-electron chi connectivity index (χ2n) is 2.74. The lowest BCUT2D eigenvalue weighted by atomic mass is 10.2. The van der Waals surface area contributed by atoms with Gasteiger partial charge in [0.05, 0.1) is 6.26 Å². The van der Waals surface area contributed by atoms with Gasteiger partial charge in [0.15, 0.2) is 5.58 Å². The number of hydrogen-bond donors (Lipinski definition) is 0. The van der Waals surface area contributed by atoms with E-state index >= 15 is 0 Å². The van der Waals surface area contributed by atoms with Gasteiger partial charge in [-0.15, -0.1) is 0 Å². The van der Waals surface area contributed by atoms with Crippen LogP contribution < -0.4 is 5.43 Å². The van der Waals surface area contributed by atoms with Crippen LogP contribution >= 0.6 is 0 Å². The van der Waals surface area contributed by atoms with Crippen molar-refractivity contribution >= 4 is 11.0 Å². The molecule has 0 spiro atoms. The predicted molar refractivity (Wildman–Crippen MR) is 47.2 cm³/mol. The average molecular weight is 160 g/mol. The van der Waals surface area contributed by atoms with Crippen molar-refractivity contribution in [2.45, 2.75) is 6.92 Å². The van der Waals surface area contributed by atoms with E-state index in [1.807, 2.05) is 19.1 Å². The highest BCUT2D eigenvalue weighted by molar-refractivity contribution is 5.79. The molecule has 12 heavy (non-hydrogen) atoms. The fourth-order valence-corrected chi connectivity index (χ4v) is 1.22. The summed E-state index contributed by atoms with van der Waals surface area (Å²) >= 11 is 0. The molecule has 2 rings (SSSR count). The van der Waals surface area contributed by atoms with E-state index in [1.54, 1.807) is 12.3 Å². The highest BCUT2D eigenvalue weighted by Gasteiger charge is 2.01. The molecule has 0 fully saturated rings. The standard InChI is InChI=1S/C10H8O2/c1-7-6-12-10-8(7)4-2-3-5-9(10)11/h2-6H,1H3. The maximum atomic E-state index is 11.3. The largest absolute Gasteiger partial charge is 0.460 e. The Hall–Kier alpha value is -1.57. The van der Waals surface area contributed by atoms with Crippen LogP contribution in [0.5, 0.6) is 0 Å². The maximum absolute atomic E-state index is 11.3. The summed E-state index contributed by atoms with van der Waals surface area (Å²) in [5.41, 5.74) is 1.37. The molecule has 0 radical (unpaired) electrons. The van der Waals surface area contributed by atoms with Gasteiger partial charge in [0.1, 0.15) is 0 Å². The molecule has 0 unspecified atom stereocenters. The Labute approximate surface area is 69.4 Å². The van der Waals surface area contributed by atoms with Crippen molar-refractivity contribution in [3.8, 4) is 0 Å². The highest BCUT2D eigenvalue weighted by atomic mass is 16.3. The van der Waals surface area contributed by atoms with Gasteiger partial charge in [0, 0.05) is 5.39 Å². The molecule has 0 saturated carbocycles. The van der Waals surface area contributed by atoms with Crippen molar-refractivity contribution in [1.82, 2.24) is 0 Å². The third-order valence-corrected chi connectivity index (χ3v) is 1.87. The van der Waals surface area contributed by atoms with E-state index in [0.717, 1.165) is 10.9 Å². The molecule has 2 heteroatoms. The highest BCUT2D eigenvalue weighted by Crippen LogP contribution is 2.14. The number of hydrogen-bond acceptors (Lipinski definition) is 2. The van der Waals surface area contributed by atoms with Gasteiger partial charge in [-0.1, -0.05) is 18.2 Å². The molecule has 0 atom stereocenters. The second-order valence-corrected chi connectivity index (χ2v) is 2.74. The quantitative estimate of drug-likeness (QED) is 0.590. The first-order valence-corrected chi connectivity index (χ1v) is 3.76. The van der Waals surface area contributed by atoms with Crippen LogP contribution in [0, 0.1) is 6.92 Å². The third kappa shape index (κ3) is 0.925. The summed E-state index contributed by atoms with van der Waals surface area (Å²) < 4.78 is 5.13. The minimum absolute atomic E-state index is 0.0666. The minimum atomic E-state index is -0.0666. The van der Waals surface area contributed by atoms with Crippen LogP contribution in [0.3, 0.4) is 0 Å². The van der Waals surface area contributed by atoms with Crippen LogP contribution in [0.25, 0.3) is 11.0 Å². The third-order valence-electron chi connectivity index (χ3n) is 1.87. The predicted octanol–water partition coefficient (Wildman–Crippen LogP) is 2.10. The molecule has 2 nitrogen and oxygen atoms in total. The first-order valence-electron chi connectivity index (χ1n) is 3.76. The van der Waals surface area contributed by atoms with E-state index in [1.165, 1.54) is 6.07 Å². The first-order chi connectivity index (χ1) is 5.79. The monoisotopic (exact) mass is 160 g/mol.